The van der Waals surface area contributed by atoms with Crippen molar-refractivity contribution in [3.63, 3.8) is 0 Å². The van der Waals surface area contributed by atoms with E-state index in [0.29, 0.717) is 16.6 Å². The molecule has 0 heterocycles. The lowest BCUT2D eigenvalue weighted by molar-refractivity contribution is 0.594. The van der Waals surface area contributed by atoms with Gasteiger partial charge in [0.2, 0.25) is 0 Å². The van der Waals surface area contributed by atoms with Crippen LogP contribution in [0.25, 0.3) is 0 Å². The molecule has 0 aliphatic rings. The molecular formula is C9H11BrFN. The van der Waals surface area contributed by atoms with Crippen molar-refractivity contribution in [1.29, 1.82) is 0 Å². The Labute approximate surface area is 80.1 Å². The molecule has 1 aromatic rings. The van der Waals surface area contributed by atoms with Crippen LogP contribution in [0.4, 0.5) is 4.39 Å². The first-order chi connectivity index (χ1) is 5.65. The largest absolute Gasteiger partial charge is 0.316 e. The van der Waals surface area contributed by atoms with Gasteiger partial charge in [-0.2, -0.15) is 0 Å². The summed E-state index contributed by atoms with van der Waals surface area (Å²) < 4.78 is 13.8. The molecule has 0 amide bonds. The van der Waals surface area contributed by atoms with Crippen molar-refractivity contribution in [2.45, 2.75) is 13.5 Å². The van der Waals surface area contributed by atoms with Crippen molar-refractivity contribution in [3.05, 3.63) is 33.5 Å². The van der Waals surface area contributed by atoms with Crippen molar-refractivity contribution < 1.29 is 4.39 Å². The smallest absolute Gasteiger partial charge is 0.141 e. The second kappa shape index (κ2) is 4.01. The summed E-state index contributed by atoms with van der Waals surface area (Å²) in [5.41, 5.74) is 1.76. The van der Waals surface area contributed by atoms with Crippen LogP contribution in [0.5, 0.6) is 0 Å². The van der Waals surface area contributed by atoms with E-state index in [1.807, 2.05) is 13.0 Å². The highest BCUT2D eigenvalue weighted by molar-refractivity contribution is 9.10. The normalized spacial score (nSPS) is 10.3. The SMILES string of the molecule is CNCc1cc(C)cc(Br)c1F. The molecule has 12 heavy (non-hydrogen) atoms. The first-order valence-electron chi connectivity index (χ1n) is 3.74. The molecule has 0 bridgehead atoms. The molecular weight excluding hydrogens is 221 g/mol. The van der Waals surface area contributed by atoms with Crippen LogP contribution in [-0.4, -0.2) is 7.05 Å². The van der Waals surface area contributed by atoms with Crippen molar-refractivity contribution in [2.24, 2.45) is 0 Å². The van der Waals surface area contributed by atoms with Crippen molar-refractivity contribution in [1.82, 2.24) is 5.32 Å². The fourth-order valence-corrected chi connectivity index (χ4v) is 1.73. The molecule has 0 radical (unpaired) electrons. The van der Waals surface area contributed by atoms with Crippen LogP contribution in [0, 0.1) is 12.7 Å². The third-order valence-electron chi connectivity index (χ3n) is 1.62. The Kier molecular flexibility index (Phi) is 3.23. The molecule has 0 spiro atoms. The maximum absolute atomic E-state index is 13.3. The summed E-state index contributed by atoms with van der Waals surface area (Å²) >= 11 is 3.16. The first kappa shape index (κ1) is 9.68. The molecule has 1 rings (SSSR count). The maximum atomic E-state index is 13.3. The fourth-order valence-electron chi connectivity index (χ4n) is 1.12. The number of rotatable bonds is 2. The van der Waals surface area contributed by atoms with Crippen LogP contribution < -0.4 is 5.32 Å². The molecule has 1 nitrogen and oxygen atoms in total. The van der Waals surface area contributed by atoms with E-state index in [9.17, 15) is 4.39 Å². The molecule has 0 saturated carbocycles. The number of halogens is 2. The van der Waals surface area contributed by atoms with E-state index in [1.54, 1.807) is 13.1 Å². The van der Waals surface area contributed by atoms with Crippen LogP contribution in [0.15, 0.2) is 16.6 Å². The molecule has 1 N–H and O–H groups in total. The van der Waals surface area contributed by atoms with E-state index in [-0.39, 0.29) is 5.82 Å². The molecule has 1 aromatic carbocycles. The number of hydrogen-bond acceptors (Lipinski definition) is 1. The quantitative estimate of drug-likeness (QED) is 0.826. The predicted octanol–water partition coefficient (Wildman–Crippen LogP) is 2.62. The minimum Gasteiger partial charge on any atom is -0.316 e. The van der Waals surface area contributed by atoms with Crippen LogP contribution in [0.1, 0.15) is 11.1 Å². The molecule has 66 valence electrons. The second-order valence-electron chi connectivity index (χ2n) is 2.75. The standard InChI is InChI=1S/C9H11BrFN/c1-6-3-7(5-12-2)9(11)8(10)4-6/h3-4,12H,5H2,1-2H3. The van der Waals surface area contributed by atoms with Crippen molar-refractivity contribution in [2.75, 3.05) is 7.05 Å². The van der Waals surface area contributed by atoms with Crippen molar-refractivity contribution >= 4 is 15.9 Å². The van der Waals surface area contributed by atoms with Gasteiger partial charge in [0.25, 0.3) is 0 Å². The zero-order valence-corrected chi connectivity index (χ0v) is 8.70. The Balaban J connectivity index is 3.09. The van der Waals surface area contributed by atoms with Crippen LogP contribution in [-0.2, 0) is 6.54 Å². The van der Waals surface area contributed by atoms with Gasteiger partial charge in [-0.15, -0.1) is 0 Å². The molecule has 0 unspecified atom stereocenters. The molecule has 0 saturated heterocycles. The Hall–Kier alpha value is -0.410. The van der Waals surface area contributed by atoms with Gasteiger partial charge in [-0.3, -0.25) is 0 Å². The minimum atomic E-state index is -0.171. The summed E-state index contributed by atoms with van der Waals surface area (Å²) in [6.07, 6.45) is 0. The molecule has 0 aliphatic heterocycles. The zero-order valence-electron chi connectivity index (χ0n) is 7.12. The van der Waals surface area contributed by atoms with E-state index in [0.717, 1.165) is 5.56 Å². The topological polar surface area (TPSA) is 12.0 Å². The number of hydrogen-bond donors (Lipinski definition) is 1. The van der Waals surface area contributed by atoms with Gasteiger partial charge in [0.15, 0.2) is 0 Å². The Morgan fingerprint density at radius 2 is 2.17 bits per heavy atom. The van der Waals surface area contributed by atoms with Gasteiger partial charge in [0.1, 0.15) is 5.82 Å². The number of benzene rings is 1. The summed E-state index contributed by atoms with van der Waals surface area (Å²) in [7, 11) is 1.80. The van der Waals surface area contributed by atoms with Gasteiger partial charge in [0.05, 0.1) is 4.47 Å². The summed E-state index contributed by atoms with van der Waals surface area (Å²) in [5, 5.41) is 2.92. The monoisotopic (exact) mass is 231 g/mol. The average molecular weight is 232 g/mol. The molecule has 0 aromatic heterocycles. The Morgan fingerprint density at radius 3 is 2.75 bits per heavy atom. The van der Waals surface area contributed by atoms with Gasteiger partial charge in [-0.25, -0.2) is 4.39 Å². The number of nitrogens with one attached hydrogen (secondary N) is 1. The highest BCUT2D eigenvalue weighted by atomic mass is 79.9. The maximum Gasteiger partial charge on any atom is 0.141 e. The van der Waals surface area contributed by atoms with Gasteiger partial charge in [0, 0.05) is 12.1 Å². The van der Waals surface area contributed by atoms with Crippen LogP contribution in [0.2, 0.25) is 0 Å². The molecule has 0 atom stereocenters. The van der Waals surface area contributed by atoms with Gasteiger partial charge < -0.3 is 5.32 Å². The third kappa shape index (κ3) is 2.05. The first-order valence-corrected chi connectivity index (χ1v) is 4.53. The van der Waals surface area contributed by atoms with Gasteiger partial charge >= 0.3 is 0 Å². The lowest BCUT2D eigenvalue weighted by Crippen LogP contribution is -2.07. The minimum absolute atomic E-state index is 0.171. The third-order valence-corrected chi connectivity index (χ3v) is 2.19. The van der Waals surface area contributed by atoms with E-state index >= 15 is 0 Å². The lowest BCUT2D eigenvalue weighted by atomic mass is 10.1. The van der Waals surface area contributed by atoms with Gasteiger partial charge in [-0.05, 0) is 41.5 Å². The van der Waals surface area contributed by atoms with Crippen molar-refractivity contribution in [3.8, 4) is 0 Å². The Bertz CT molecular complexity index is 286. The fraction of sp³-hybridized carbons (Fsp3) is 0.333. The van der Waals surface area contributed by atoms with Crippen LogP contribution >= 0.6 is 15.9 Å². The van der Waals surface area contributed by atoms with Gasteiger partial charge in [-0.1, -0.05) is 6.07 Å². The van der Waals surface area contributed by atoms with E-state index in [1.165, 1.54) is 0 Å². The van der Waals surface area contributed by atoms with Crippen LogP contribution in [0.3, 0.4) is 0 Å². The summed E-state index contributed by atoms with van der Waals surface area (Å²) in [6, 6.07) is 3.62. The zero-order chi connectivity index (χ0) is 9.14. The second-order valence-corrected chi connectivity index (χ2v) is 3.60. The molecule has 3 heteroatoms. The van der Waals surface area contributed by atoms with E-state index < -0.39 is 0 Å². The highest BCUT2D eigenvalue weighted by Gasteiger charge is 2.05. The average Bonchev–Trinajstić information content (AvgIpc) is 2.00. The summed E-state index contributed by atoms with van der Waals surface area (Å²) in [5.74, 6) is -0.171. The summed E-state index contributed by atoms with van der Waals surface area (Å²) in [6.45, 7) is 2.51. The molecule has 0 fully saturated rings. The van der Waals surface area contributed by atoms with E-state index in [4.69, 9.17) is 0 Å². The Morgan fingerprint density at radius 1 is 1.50 bits per heavy atom. The molecule has 0 aliphatic carbocycles. The highest BCUT2D eigenvalue weighted by Crippen LogP contribution is 2.20. The van der Waals surface area contributed by atoms with E-state index in [2.05, 4.69) is 21.2 Å². The predicted molar refractivity (Wildman–Crippen MR) is 51.6 cm³/mol. The summed E-state index contributed by atoms with van der Waals surface area (Å²) in [4.78, 5) is 0. The lowest BCUT2D eigenvalue weighted by Gasteiger charge is -2.05. The number of aryl methyl sites for hydroxylation is 1.